The molecule has 0 fully saturated rings. The number of anilines is 1. The molecule has 0 N–H and O–H groups in total. The van der Waals surface area contributed by atoms with Gasteiger partial charge in [0.05, 0.1) is 10.9 Å². The molecule has 0 aliphatic rings. The van der Waals surface area contributed by atoms with Crippen LogP contribution in [-0.4, -0.2) is 31.7 Å². The molecule has 6 heteroatoms. The lowest BCUT2D eigenvalue weighted by Crippen LogP contribution is -2.23. The Hall–Kier alpha value is -1.95. The van der Waals surface area contributed by atoms with Gasteiger partial charge >= 0.3 is 0 Å². The van der Waals surface area contributed by atoms with Crippen LogP contribution in [0.3, 0.4) is 0 Å². The Kier molecular flexibility index (Phi) is 4.27. The van der Waals surface area contributed by atoms with E-state index in [2.05, 4.69) is 9.97 Å². The van der Waals surface area contributed by atoms with E-state index in [4.69, 9.17) is 0 Å². The molecule has 0 amide bonds. The van der Waals surface area contributed by atoms with Crippen LogP contribution in [0, 0.1) is 6.92 Å². The van der Waals surface area contributed by atoms with Crippen LogP contribution in [0.4, 0.5) is 5.95 Å². The monoisotopic (exact) mass is 305 g/mol. The minimum atomic E-state index is -3.16. The van der Waals surface area contributed by atoms with Gasteiger partial charge in [-0.05, 0) is 37.6 Å². The average Bonchev–Trinajstić information content (AvgIpc) is 2.45. The zero-order valence-electron chi connectivity index (χ0n) is 12.6. The van der Waals surface area contributed by atoms with E-state index in [9.17, 15) is 8.42 Å². The van der Waals surface area contributed by atoms with Crippen molar-refractivity contribution < 1.29 is 8.42 Å². The Morgan fingerprint density at radius 3 is 2.29 bits per heavy atom. The number of aryl methyl sites for hydroxylation is 1. The molecule has 5 nitrogen and oxygen atoms in total. The fourth-order valence-electron chi connectivity index (χ4n) is 2.00. The standard InChI is InChI=1S/C15H19N3O2S/c1-11-9-10-16-15(17-11)18(3)12(2)13-5-7-14(8-6-13)21(4,19)20/h5-10,12H,1-4H3. The van der Waals surface area contributed by atoms with E-state index in [1.54, 1.807) is 18.3 Å². The molecule has 2 rings (SSSR count). The SMILES string of the molecule is Cc1ccnc(N(C)C(C)c2ccc(S(C)(=O)=O)cc2)n1. The molecule has 112 valence electrons. The van der Waals surface area contributed by atoms with E-state index < -0.39 is 9.84 Å². The number of benzene rings is 1. The van der Waals surface area contributed by atoms with Gasteiger partial charge in [-0.25, -0.2) is 18.4 Å². The number of hydrogen-bond donors (Lipinski definition) is 0. The number of nitrogens with zero attached hydrogens (tertiary/aromatic N) is 3. The lowest BCUT2D eigenvalue weighted by molar-refractivity contribution is 0.601. The molecule has 0 aliphatic heterocycles. The number of aromatic nitrogens is 2. The van der Waals surface area contributed by atoms with Crippen LogP contribution in [0.15, 0.2) is 41.4 Å². The highest BCUT2D eigenvalue weighted by Gasteiger charge is 2.15. The van der Waals surface area contributed by atoms with E-state index in [-0.39, 0.29) is 6.04 Å². The Morgan fingerprint density at radius 1 is 1.14 bits per heavy atom. The van der Waals surface area contributed by atoms with E-state index in [0.29, 0.717) is 10.8 Å². The van der Waals surface area contributed by atoms with Crippen LogP contribution in [0.5, 0.6) is 0 Å². The molecule has 0 saturated heterocycles. The van der Waals surface area contributed by atoms with Gasteiger partial charge in [-0.2, -0.15) is 0 Å². The lowest BCUT2D eigenvalue weighted by Gasteiger charge is -2.25. The fraction of sp³-hybridized carbons (Fsp3) is 0.333. The molecule has 1 aromatic heterocycles. The zero-order chi connectivity index (χ0) is 15.6. The second-order valence-electron chi connectivity index (χ2n) is 5.13. The van der Waals surface area contributed by atoms with Gasteiger partial charge in [0.1, 0.15) is 0 Å². The first-order chi connectivity index (χ1) is 9.79. The van der Waals surface area contributed by atoms with E-state index in [1.165, 1.54) is 6.26 Å². The summed E-state index contributed by atoms with van der Waals surface area (Å²) < 4.78 is 23.0. The van der Waals surface area contributed by atoms with Crippen LogP contribution in [0.2, 0.25) is 0 Å². The van der Waals surface area contributed by atoms with Crippen molar-refractivity contribution in [1.82, 2.24) is 9.97 Å². The minimum absolute atomic E-state index is 0.0420. The van der Waals surface area contributed by atoms with E-state index in [0.717, 1.165) is 11.3 Å². The van der Waals surface area contributed by atoms with Crippen LogP contribution < -0.4 is 4.90 Å². The van der Waals surface area contributed by atoms with Crippen molar-refractivity contribution in [3.63, 3.8) is 0 Å². The molecule has 0 bridgehead atoms. The molecule has 0 saturated carbocycles. The summed E-state index contributed by atoms with van der Waals surface area (Å²) >= 11 is 0. The Balaban J connectivity index is 2.25. The molecular formula is C15H19N3O2S. The van der Waals surface area contributed by atoms with Gasteiger partial charge in [0, 0.05) is 25.2 Å². The summed E-state index contributed by atoms with van der Waals surface area (Å²) in [5.74, 6) is 0.648. The maximum atomic E-state index is 11.5. The highest BCUT2D eigenvalue weighted by atomic mass is 32.2. The third-order valence-corrected chi connectivity index (χ3v) is 4.60. The number of rotatable bonds is 4. The summed E-state index contributed by atoms with van der Waals surface area (Å²) in [6.45, 7) is 3.95. The van der Waals surface area contributed by atoms with Crippen LogP contribution >= 0.6 is 0 Å². The van der Waals surface area contributed by atoms with Crippen LogP contribution in [0.25, 0.3) is 0 Å². The second kappa shape index (κ2) is 5.81. The van der Waals surface area contributed by atoms with Crippen molar-refractivity contribution in [2.75, 3.05) is 18.2 Å². The van der Waals surface area contributed by atoms with Gasteiger partial charge < -0.3 is 4.90 Å². The molecule has 1 aromatic carbocycles. The van der Waals surface area contributed by atoms with Crippen molar-refractivity contribution in [2.45, 2.75) is 24.8 Å². The molecule has 2 aromatic rings. The predicted octanol–water partition coefficient (Wildman–Crippen LogP) is 2.39. The third-order valence-electron chi connectivity index (χ3n) is 3.47. The van der Waals surface area contributed by atoms with Gasteiger partial charge in [-0.15, -0.1) is 0 Å². The van der Waals surface area contributed by atoms with Gasteiger partial charge in [0.15, 0.2) is 9.84 Å². The van der Waals surface area contributed by atoms with Crippen molar-refractivity contribution >= 4 is 15.8 Å². The van der Waals surface area contributed by atoms with Crippen molar-refractivity contribution in [3.8, 4) is 0 Å². The summed E-state index contributed by atoms with van der Waals surface area (Å²) in [5.41, 5.74) is 1.92. The Labute approximate surface area is 125 Å². The maximum Gasteiger partial charge on any atom is 0.225 e. The van der Waals surface area contributed by atoms with Crippen LogP contribution in [0.1, 0.15) is 24.2 Å². The highest BCUT2D eigenvalue weighted by Crippen LogP contribution is 2.23. The quantitative estimate of drug-likeness (QED) is 0.868. The first kappa shape index (κ1) is 15.4. The summed E-state index contributed by atoms with van der Waals surface area (Å²) in [4.78, 5) is 10.9. The topological polar surface area (TPSA) is 63.2 Å². The van der Waals surface area contributed by atoms with Crippen molar-refractivity contribution in [3.05, 3.63) is 47.8 Å². The molecular weight excluding hydrogens is 286 g/mol. The largest absolute Gasteiger partial charge is 0.337 e. The predicted molar refractivity (Wildman–Crippen MR) is 83.1 cm³/mol. The summed E-state index contributed by atoms with van der Waals surface area (Å²) in [7, 11) is -1.24. The molecule has 0 spiro atoms. The molecule has 1 heterocycles. The van der Waals surface area contributed by atoms with Gasteiger partial charge in [-0.3, -0.25) is 0 Å². The molecule has 1 unspecified atom stereocenters. The van der Waals surface area contributed by atoms with Crippen LogP contribution in [-0.2, 0) is 9.84 Å². The fourth-order valence-corrected chi connectivity index (χ4v) is 2.63. The summed E-state index contributed by atoms with van der Waals surface area (Å²) in [5, 5.41) is 0. The normalized spacial score (nSPS) is 13.0. The average molecular weight is 305 g/mol. The number of sulfone groups is 1. The third kappa shape index (κ3) is 3.58. The smallest absolute Gasteiger partial charge is 0.225 e. The summed E-state index contributed by atoms with van der Waals surface area (Å²) in [6, 6.07) is 8.81. The van der Waals surface area contributed by atoms with E-state index in [1.807, 2.05) is 44.0 Å². The van der Waals surface area contributed by atoms with Gasteiger partial charge in [0.2, 0.25) is 5.95 Å². The number of hydrogen-bond acceptors (Lipinski definition) is 5. The summed E-state index contributed by atoms with van der Waals surface area (Å²) in [6.07, 6.45) is 2.94. The first-order valence-electron chi connectivity index (χ1n) is 6.61. The Morgan fingerprint density at radius 2 is 1.76 bits per heavy atom. The minimum Gasteiger partial charge on any atom is -0.337 e. The Bertz CT molecular complexity index is 727. The molecule has 21 heavy (non-hydrogen) atoms. The molecule has 0 radical (unpaired) electrons. The second-order valence-corrected chi connectivity index (χ2v) is 7.14. The van der Waals surface area contributed by atoms with Gasteiger partial charge in [0.25, 0.3) is 0 Å². The van der Waals surface area contributed by atoms with Crippen molar-refractivity contribution in [2.24, 2.45) is 0 Å². The van der Waals surface area contributed by atoms with Crippen molar-refractivity contribution in [1.29, 1.82) is 0 Å². The highest BCUT2D eigenvalue weighted by molar-refractivity contribution is 7.90. The van der Waals surface area contributed by atoms with Gasteiger partial charge in [-0.1, -0.05) is 12.1 Å². The maximum absolute atomic E-state index is 11.5. The zero-order valence-corrected chi connectivity index (χ0v) is 13.4. The first-order valence-corrected chi connectivity index (χ1v) is 8.50. The van der Waals surface area contributed by atoms with E-state index >= 15 is 0 Å². The molecule has 1 atom stereocenters. The lowest BCUT2D eigenvalue weighted by atomic mass is 10.1. The molecule has 0 aliphatic carbocycles.